The fourth-order valence-corrected chi connectivity index (χ4v) is 4.84. The second-order valence-corrected chi connectivity index (χ2v) is 10.9. The molecule has 0 unspecified atom stereocenters. The third kappa shape index (κ3) is 7.48. The number of halogens is 1. The van der Waals surface area contributed by atoms with Crippen LogP contribution in [0.1, 0.15) is 74.3 Å². The second-order valence-electron chi connectivity index (χ2n) is 10.9. The minimum Gasteiger partial charge on any atom is -0.488 e. The zero-order valence-electron chi connectivity index (χ0n) is 22.4. The van der Waals surface area contributed by atoms with Crippen LogP contribution < -0.4 is 4.74 Å². The topological polar surface area (TPSA) is 12.5 Å². The smallest absolute Gasteiger partial charge is 0.127 e. The Morgan fingerprint density at radius 3 is 2.25 bits per heavy atom. The van der Waals surface area contributed by atoms with E-state index in [9.17, 15) is 0 Å². The van der Waals surface area contributed by atoms with Crippen molar-refractivity contribution in [2.45, 2.75) is 64.9 Å². The van der Waals surface area contributed by atoms with Crippen LogP contribution in [0.4, 0.5) is 0 Å². The first-order valence-electron chi connectivity index (χ1n) is 13.2. The summed E-state index contributed by atoms with van der Waals surface area (Å²) in [5.41, 5.74) is 8.19. The van der Waals surface area contributed by atoms with E-state index >= 15 is 0 Å². The van der Waals surface area contributed by atoms with E-state index in [1.807, 2.05) is 0 Å². The molecular formula is C33H42ClNO. The van der Waals surface area contributed by atoms with Gasteiger partial charge < -0.3 is 9.64 Å². The van der Waals surface area contributed by atoms with E-state index in [1.54, 1.807) is 0 Å². The molecule has 1 heterocycles. The van der Waals surface area contributed by atoms with Crippen molar-refractivity contribution in [3.05, 3.63) is 107 Å². The SMILES string of the molecule is CN(CC/C=C1/c2ccccc2COc2ccccc21)CCCCCc1ccc(C(C)(C)C)cc1.Cl. The van der Waals surface area contributed by atoms with Crippen molar-refractivity contribution < 1.29 is 4.74 Å². The summed E-state index contributed by atoms with van der Waals surface area (Å²) in [4.78, 5) is 2.47. The number of unbranched alkanes of at least 4 members (excludes halogenated alkanes) is 2. The van der Waals surface area contributed by atoms with Gasteiger partial charge in [-0.1, -0.05) is 100.0 Å². The summed E-state index contributed by atoms with van der Waals surface area (Å²) in [6, 6.07) is 26.3. The highest BCUT2D eigenvalue weighted by Crippen LogP contribution is 2.36. The van der Waals surface area contributed by atoms with E-state index in [0.29, 0.717) is 6.61 Å². The van der Waals surface area contributed by atoms with Gasteiger partial charge in [-0.3, -0.25) is 0 Å². The molecule has 4 rings (SSSR count). The molecule has 0 N–H and O–H groups in total. The number of nitrogens with zero attached hydrogens (tertiary/aromatic N) is 1. The molecule has 0 spiro atoms. The maximum Gasteiger partial charge on any atom is 0.127 e. The molecular weight excluding hydrogens is 462 g/mol. The highest BCUT2D eigenvalue weighted by atomic mass is 35.5. The van der Waals surface area contributed by atoms with Gasteiger partial charge in [-0.15, -0.1) is 12.4 Å². The van der Waals surface area contributed by atoms with Gasteiger partial charge in [-0.2, -0.15) is 0 Å². The van der Waals surface area contributed by atoms with Gasteiger partial charge in [0.05, 0.1) is 0 Å². The molecule has 0 saturated carbocycles. The van der Waals surface area contributed by atoms with E-state index in [-0.39, 0.29) is 17.8 Å². The first-order chi connectivity index (χ1) is 16.9. The number of benzene rings is 3. The summed E-state index contributed by atoms with van der Waals surface area (Å²) < 4.78 is 6.11. The number of para-hydroxylation sites is 1. The van der Waals surface area contributed by atoms with Crippen LogP contribution in [0.25, 0.3) is 5.57 Å². The lowest BCUT2D eigenvalue weighted by atomic mass is 9.86. The zero-order valence-corrected chi connectivity index (χ0v) is 23.2. The van der Waals surface area contributed by atoms with Crippen molar-refractivity contribution in [1.82, 2.24) is 4.90 Å². The van der Waals surface area contributed by atoms with E-state index in [1.165, 1.54) is 59.1 Å². The minimum atomic E-state index is 0. The highest BCUT2D eigenvalue weighted by Gasteiger charge is 2.18. The number of aryl methyl sites for hydroxylation is 1. The molecule has 0 fully saturated rings. The average molecular weight is 504 g/mol. The first kappa shape index (κ1) is 28.0. The van der Waals surface area contributed by atoms with Crippen molar-refractivity contribution >= 4 is 18.0 Å². The summed E-state index contributed by atoms with van der Waals surface area (Å²) in [6.45, 7) is 9.68. The van der Waals surface area contributed by atoms with Gasteiger partial charge in [0.25, 0.3) is 0 Å². The molecule has 3 aromatic carbocycles. The van der Waals surface area contributed by atoms with Gasteiger partial charge in [0, 0.05) is 12.1 Å². The quantitative estimate of drug-likeness (QED) is 0.271. The Labute approximate surface area is 224 Å². The van der Waals surface area contributed by atoms with Crippen molar-refractivity contribution in [2.24, 2.45) is 0 Å². The molecule has 3 aromatic rings. The summed E-state index contributed by atoms with van der Waals surface area (Å²) in [7, 11) is 2.25. The van der Waals surface area contributed by atoms with Crippen LogP contribution in [-0.4, -0.2) is 25.0 Å². The Balaban J connectivity index is 0.00000361. The van der Waals surface area contributed by atoms with E-state index in [0.717, 1.165) is 25.3 Å². The molecule has 0 atom stereocenters. The normalized spacial score (nSPS) is 14.0. The predicted octanol–water partition coefficient (Wildman–Crippen LogP) is 8.46. The van der Waals surface area contributed by atoms with Crippen LogP contribution in [0.2, 0.25) is 0 Å². The van der Waals surface area contributed by atoms with Crippen LogP contribution >= 0.6 is 12.4 Å². The van der Waals surface area contributed by atoms with Crippen LogP contribution in [0.5, 0.6) is 5.75 Å². The Bertz CT molecular complexity index is 1080. The van der Waals surface area contributed by atoms with Crippen LogP contribution in [0, 0.1) is 0 Å². The van der Waals surface area contributed by atoms with Crippen LogP contribution in [-0.2, 0) is 18.4 Å². The molecule has 0 aliphatic carbocycles. The minimum absolute atomic E-state index is 0. The monoisotopic (exact) mass is 503 g/mol. The van der Waals surface area contributed by atoms with Crippen LogP contribution in [0.15, 0.2) is 78.9 Å². The van der Waals surface area contributed by atoms with E-state index in [4.69, 9.17) is 4.74 Å². The number of rotatable bonds is 9. The fourth-order valence-electron chi connectivity index (χ4n) is 4.84. The molecule has 3 heteroatoms. The molecule has 192 valence electrons. The Morgan fingerprint density at radius 1 is 0.806 bits per heavy atom. The lowest BCUT2D eigenvalue weighted by Crippen LogP contribution is -2.20. The highest BCUT2D eigenvalue weighted by molar-refractivity contribution is 5.85. The third-order valence-electron chi connectivity index (χ3n) is 7.05. The molecule has 0 saturated heterocycles. The van der Waals surface area contributed by atoms with Crippen molar-refractivity contribution in [3.8, 4) is 5.75 Å². The van der Waals surface area contributed by atoms with Gasteiger partial charge in [0.1, 0.15) is 12.4 Å². The summed E-state index contributed by atoms with van der Waals surface area (Å²) in [5.74, 6) is 0.983. The molecule has 2 nitrogen and oxygen atoms in total. The number of hydrogen-bond donors (Lipinski definition) is 0. The second kappa shape index (κ2) is 13.1. The lowest BCUT2D eigenvalue weighted by Gasteiger charge is -2.19. The molecule has 1 aliphatic rings. The van der Waals surface area contributed by atoms with Crippen molar-refractivity contribution in [3.63, 3.8) is 0 Å². The fraction of sp³-hybridized carbons (Fsp3) is 0.394. The molecule has 36 heavy (non-hydrogen) atoms. The number of ether oxygens (including phenoxy) is 1. The Kier molecular flexibility index (Phi) is 10.2. The zero-order chi connectivity index (χ0) is 24.7. The van der Waals surface area contributed by atoms with Gasteiger partial charge in [0.2, 0.25) is 0 Å². The lowest BCUT2D eigenvalue weighted by molar-refractivity contribution is 0.307. The predicted molar refractivity (Wildman–Crippen MR) is 156 cm³/mol. The largest absolute Gasteiger partial charge is 0.488 e. The maximum absolute atomic E-state index is 6.11. The van der Waals surface area contributed by atoms with Gasteiger partial charge >= 0.3 is 0 Å². The van der Waals surface area contributed by atoms with Crippen molar-refractivity contribution in [2.75, 3.05) is 20.1 Å². The summed E-state index contributed by atoms with van der Waals surface area (Å²) in [5, 5.41) is 0. The Hall–Kier alpha value is -2.55. The maximum atomic E-state index is 6.11. The summed E-state index contributed by atoms with van der Waals surface area (Å²) >= 11 is 0. The summed E-state index contributed by atoms with van der Waals surface area (Å²) in [6.07, 6.45) is 8.43. The molecule has 0 bridgehead atoms. The average Bonchev–Trinajstić information content (AvgIpc) is 3.01. The molecule has 0 radical (unpaired) electrons. The van der Waals surface area contributed by atoms with E-state index < -0.39 is 0 Å². The third-order valence-corrected chi connectivity index (χ3v) is 7.05. The Morgan fingerprint density at radius 2 is 1.50 bits per heavy atom. The van der Waals surface area contributed by atoms with E-state index in [2.05, 4.69) is 112 Å². The number of hydrogen-bond acceptors (Lipinski definition) is 2. The standard InChI is InChI=1S/C33H41NO.ClH/c1-33(2,3)28-21-19-26(20-22-28)13-6-5-11-23-34(4)24-12-17-30-29-15-8-7-14-27(29)25-35-32-18-10-9-16-31(30)32;/h7-10,14-22H,5-6,11-13,23-25H2,1-4H3;1H/b30-17-;. The van der Waals surface area contributed by atoms with Gasteiger partial charge in [-0.25, -0.2) is 0 Å². The molecule has 1 aliphatic heterocycles. The first-order valence-corrected chi connectivity index (χ1v) is 13.2. The van der Waals surface area contributed by atoms with Crippen LogP contribution in [0.3, 0.4) is 0 Å². The molecule has 0 amide bonds. The number of fused-ring (bicyclic) bond motifs is 2. The molecule has 0 aromatic heterocycles. The van der Waals surface area contributed by atoms with Crippen molar-refractivity contribution in [1.29, 1.82) is 0 Å². The van der Waals surface area contributed by atoms with Gasteiger partial charge in [0.15, 0.2) is 0 Å². The van der Waals surface area contributed by atoms with Gasteiger partial charge in [-0.05, 0) is 78.6 Å².